The van der Waals surface area contributed by atoms with Crippen molar-refractivity contribution in [2.75, 3.05) is 26.7 Å². The molecule has 1 aliphatic heterocycles. The van der Waals surface area contributed by atoms with Gasteiger partial charge in [0.15, 0.2) is 0 Å². The predicted octanol–water partition coefficient (Wildman–Crippen LogP) is 1.17. The molecule has 0 amide bonds. The number of carbonyl (C=O) groups is 1. The zero-order chi connectivity index (χ0) is 12.5. The first-order valence-electron chi connectivity index (χ1n) is 6.77. The van der Waals surface area contributed by atoms with Crippen molar-refractivity contribution >= 4 is 5.97 Å². The summed E-state index contributed by atoms with van der Waals surface area (Å²) in [6.07, 6.45) is 4.54. The summed E-state index contributed by atoms with van der Waals surface area (Å²) < 4.78 is 0. The Kier molecular flexibility index (Phi) is 3.73. The number of likely N-dealkylation sites (N-methyl/N-ethyl adjacent to an activating group) is 1. The molecule has 1 saturated heterocycles. The number of rotatable bonds is 6. The summed E-state index contributed by atoms with van der Waals surface area (Å²) >= 11 is 0. The van der Waals surface area contributed by atoms with Gasteiger partial charge in [-0.15, -0.1) is 0 Å². The summed E-state index contributed by atoms with van der Waals surface area (Å²) in [5.41, 5.74) is -0.706. The lowest BCUT2D eigenvalue weighted by Gasteiger charge is -2.33. The molecule has 2 atom stereocenters. The van der Waals surface area contributed by atoms with E-state index in [2.05, 4.69) is 17.1 Å². The molecule has 1 heterocycles. The Morgan fingerprint density at radius 2 is 2.18 bits per heavy atom. The minimum atomic E-state index is -0.706. The Labute approximate surface area is 103 Å². The van der Waals surface area contributed by atoms with Crippen molar-refractivity contribution in [1.29, 1.82) is 0 Å². The van der Waals surface area contributed by atoms with Gasteiger partial charge < -0.3 is 15.3 Å². The lowest BCUT2D eigenvalue weighted by atomic mass is 9.92. The highest BCUT2D eigenvalue weighted by atomic mass is 16.4. The largest absolute Gasteiger partial charge is 0.480 e. The summed E-state index contributed by atoms with van der Waals surface area (Å²) in [7, 11) is 1.79. The molecule has 0 bridgehead atoms. The van der Waals surface area contributed by atoms with Gasteiger partial charge in [0.05, 0.1) is 0 Å². The molecule has 0 aromatic heterocycles. The Morgan fingerprint density at radius 3 is 2.59 bits per heavy atom. The Morgan fingerprint density at radius 1 is 1.47 bits per heavy atom. The first-order valence-corrected chi connectivity index (χ1v) is 6.77. The lowest BCUT2D eigenvalue weighted by molar-refractivity contribution is -0.146. The fourth-order valence-electron chi connectivity index (χ4n) is 3.08. The molecule has 0 spiro atoms. The summed E-state index contributed by atoms with van der Waals surface area (Å²) in [4.78, 5) is 13.9. The molecule has 1 saturated carbocycles. The van der Waals surface area contributed by atoms with Gasteiger partial charge in [-0.2, -0.15) is 0 Å². The molecule has 98 valence electrons. The normalized spacial score (nSPS) is 29.2. The van der Waals surface area contributed by atoms with Crippen LogP contribution in [0.15, 0.2) is 0 Å². The van der Waals surface area contributed by atoms with Gasteiger partial charge in [0.25, 0.3) is 0 Å². The third-order valence-electron chi connectivity index (χ3n) is 4.52. The molecule has 4 nitrogen and oxygen atoms in total. The van der Waals surface area contributed by atoms with Gasteiger partial charge >= 0.3 is 5.97 Å². The van der Waals surface area contributed by atoms with Crippen LogP contribution in [0.25, 0.3) is 0 Å². The second-order valence-electron chi connectivity index (χ2n) is 5.60. The second kappa shape index (κ2) is 4.94. The van der Waals surface area contributed by atoms with Crippen LogP contribution in [0.1, 0.15) is 32.6 Å². The minimum absolute atomic E-state index is 0.325. The van der Waals surface area contributed by atoms with Crippen LogP contribution in [0.5, 0.6) is 0 Å². The third kappa shape index (κ3) is 2.47. The number of carboxylic acids is 1. The average Bonchev–Trinajstić information content (AvgIpc) is 3.06. The van der Waals surface area contributed by atoms with E-state index < -0.39 is 11.5 Å². The zero-order valence-electron chi connectivity index (χ0n) is 10.9. The van der Waals surface area contributed by atoms with Gasteiger partial charge in [-0.3, -0.25) is 4.79 Å². The number of hydrogen-bond acceptors (Lipinski definition) is 3. The minimum Gasteiger partial charge on any atom is -0.480 e. The van der Waals surface area contributed by atoms with Gasteiger partial charge in [0.2, 0.25) is 0 Å². The molecule has 2 fully saturated rings. The molecule has 0 radical (unpaired) electrons. The molecule has 1 aliphatic carbocycles. The van der Waals surface area contributed by atoms with Crippen LogP contribution in [0.4, 0.5) is 0 Å². The molecular weight excluding hydrogens is 216 g/mol. The number of nitrogens with zero attached hydrogens (tertiary/aromatic N) is 1. The van der Waals surface area contributed by atoms with E-state index in [-0.39, 0.29) is 0 Å². The molecule has 2 unspecified atom stereocenters. The maximum absolute atomic E-state index is 11.6. The van der Waals surface area contributed by atoms with E-state index in [0.29, 0.717) is 12.5 Å². The van der Waals surface area contributed by atoms with Crippen LogP contribution in [-0.2, 0) is 4.79 Å². The Balaban J connectivity index is 2.00. The van der Waals surface area contributed by atoms with Crippen LogP contribution >= 0.6 is 0 Å². The molecule has 2 aliphatic rings. The monoisotopic (exact) mass is 240 g/mol. The summed E-state index contributed by atoms with van der Waals surface area (Å²) in [5.74, 6) is 0.408. The molecule has 17 heavy (non-hydrogen) atoms. The molecule has 4 heteroatoms. The fourth-order valence-corrected chi connectivity index (χ4v) is 3.08. The van der Waals surface area contributed by atoms with E-state index >= 15 is 0 Å². The summed E-state index contributed by atoms with van der Waals surface area (Å²) in [6.45, 7) is 5.01. The van der Waals surface area contributed by atoms with Crippen LogP contribution in [-0.4, -0.2) is 48.2 Å². The van der Waals surface area contributed by atoms with Crippen LogP contribution in [0.2, 0.25) is 0 Å². The maximum atomic E-state index is 11.6. The van der Waals surface area contributed by atoms with E-state index in [0.717, 1.165) is 31.8 Å². The molecule has 2 rings (SSSR count). The molecular formula is C13H24N2O2. The third-order valence-corrected chi connectivity index (χ3v) is 4.52. The smallest absolute Gasteiger partial charge is 0.325 e. The van der Waals surface area contributed by atoms with Crippen molar-refractivity contribution in [3.8, 4) is 0 Å². The number of nitrogens with one attached hydrogen (secondary N) is 1. The standard InChI is InChI=1S/C13H24N2O2/c1-3-10-6-7-15(8-10)9-13(14-2,12(16)17)11-4-5-11/h10-11,14H,3-9H2,1-2H3,(H,16,17). The van der Waals surface area contributed by atoms with Gasteiger partial charge in [-0.1, -0.05) is 13.3 Å². The maximum Gasteiger partial charge on any atom is 0.325 e. The van der Waals surface area contributed by atoms with Crippen molar-refractivity contribution in [1.82, 2.24) is 10.2 Å². The average molecular weight is 240 g/mol. The topological polar surface area (TPSA) is 52.6 Å². The number of likely N-dealkylation sites (tertiary alicyclic amines) is 1. The van der Waals surface area contributed by atoms with Gasteiger partial charge in [-0.25, -0.2) is 0 Å². The van der Waals surface area contributed by atoms with Crippen molar-refractivity contribution in [2.45, 2.75) is 38.1 Å². The first kappa shape index (κ1) is 12.8. The van der Waals surface area contributed by atoms with Crippen LogP contribution in [0.3, 0.4) is 0 Å². The van der Waals surface area contributed by atoms with E-state index in [1.54, 1.807) is 7.05 Å². The van der Waals surface area contributed by atoms with Crippen LogP contribution in [0, 0.1) is 11.8 Å². The Hall–Kier alpha value is -0.610. The summed E-state index contributed by atoms with van der Waals surface area (Å²) in [5, 5.41) is 12.6. The highest BCUT2D eigenvalue weighted by Gasteiger charge is 2.51. The molecule has 0 aromatic carbocycles. The first-order chi connectivity index (χ1) is 8.12. The molecule has 0 aromatic rings. The van der Waals surface area contributed by atoms with E-state index in [9.17, 15) is 9.90 Å². The zero-order valence-corrected chi connectivity index (χ0v) is 10.9. The SMILES string of the molecule is CCC1CCN(CC(NC)(C(=O)O)C2CC2)C1. The van der Waals surface area contributed by atoms with Crippen molar-refractivity contribution in [2.24, 2.45) is 11.8 Å². The summed E-state index contributed by atoms with van der Waals surface area (Å²) in [6, 6.07) is 0. The van der Waals surface area contributed by atoms with E-state index in [1.165, 1.54) is 12.8 Å². The highest BCUT2D eigenvalue weighted by molar-refractivity contribution is 5.80. The number of carboxylic acid groups (broad SMARTS) is 1. The van der Waals surface area contributed by atoms with Crippen molar-refractivity contribution in [3.63, 3.8) is 0 Å². The number of aliphatic carboxylic acids is 1. The van der Waals surface area contributed by atoms with Gasteiger partial charge in [0, 0.05) is 13.1 Å². The fraction of sp³-hybridized carbons (Fsp3) is 0.923. The highest BCUT2D eigenvalue weighted by Crippen LogP contribution is 2.40. The molecule has 2 N–H and O–H groups in total. The van der Waals surface area contributed by atoms with Crippen LogP contribution < -0.4 is 5.32 Å². The van der Waals surface area contributed by atoms with Crippen molar-refractivity contribution in [3.05, 3.63) is 0 Å². The lowest BCUT2D eigenvalue weighted by Crippen LogP contribution is -2.59. The van der Waals surface area contributed by atoms with E-state index in [4.69, 9.17) is 0 Å². The quantitative estimate of drug-likeness (QED) is 0.732. The number of hydrogen-bond donors (Lipinski definition) is 2. The van der Waals surface area contributed by atoms with Gasteiger partial charge in [-0.05, 0) is 44.7 Å². The van der Waals surface area contributed by atoms with Crippen molar-refractivity contribution < 1.29 is 9.90 Å². The van der Waals surface area contributed by atoms with Gasteiger partial charge in [0.1, 0.15) is 5.54 Å². The second-order valence-corrected chi connectivity index (χ2v) is 5.60. The Bertz CT molecular complexity index is 291. The predicted molar refractivity (Wildman–Crippen MR) is 67.0 cm³/mol. The van der Waals surface area contributed by atoms with E-state index in [1.807, 2.05) is 0 Å².